The Kier molecular flexibility index (Phi) is 6.85. The summed E-state index contributed by atoms with van der Waals surface area (Å²) < 4.78 is 13.2. The standard InChI is InChI=1S/C26H31BrN4O2/c1-32-23-15-21-22(16-24(23)33-20-7-3-4-8-20)29-26(28-17-18-9-11-19(27)12-10-18)30-25(21)31-13-5-2-6-14-31/h9-12,15-16,20H,2-8,13-14,17H2,1H3,(H,28,29,30). The van der Waals surface area contributed by atoms with E-state index in [0.717, 1.165) is 58.6 Å². The summed E-state index contributed by atoms with van der Waals surface area (Å²) >= 11 is 3.50. The third kappa shape index (κ3) is 5.18. The fourth-order valence-electron chi connectivity index (χ4n) is 4.77. The van der Waals surface area contributed by atoms with Gasteiger partial charge in [-0.2, -0.15) is 4.98 Å². The number of piperidine rings is 1. The van der Waals surface area contributed by atoms with Crippen LogP contribution in [0.5, 0.6) is 11.5 Å². The van der Waals surface area contributed by atoms with Crippen LogP contribution in [0.2, 0.25) is 0 Å². The predicted molar refractivity (Wildman–Crippen MR) is 137 cm³/mol. The van der Waals surface area contributed by atoms with E-state index < -0.39 is 0 Å². The van der Waals surface area contributed by atoms with E-state index in [-0.39, 0.29) is 6.10 Å². The van der Waals surface area contributed by atoms with Crippen molar-refractivity contribution in [1.82, 2.24) is 9.97 Å². The minimum Gasteiger partial charge on any atom is -0.493 e. The lowest BCUT2D eigenvalue weighted by Crippen LogP contribution is -2.30. The molecule has 2 aromatic carbocycles. The van der Waals surface area contributed by atoms with E-state index in [9.17, 15) is 0 Å². The van der Waals surface area contributed by atoms with E-state index in [1.807, 2.05) is 6.07 Å². The van der Waals surface area contributed by atoms with Crippen molar-refractivity contribution in [2.75, 3.05) is 30.4 Å². The Morgan fingerprint density at radius 2 is 1.73 bits per heavy atom. The molecular formula is C26H31BrN4O2. The van der Waals surface area contributed by atoms with Gasteiger partial charge in [0, 0.05) is 35.6 Å². The fraction of sp³-hybridized carbons (Fsp3) is 0.462. The molecule has 33 heavy (non-hydrogen) atoms. The van der Waals surface area contributed by atoms with Crippen molar-refractivity contribution >= 4 is 38.6 Å². The van der Waals surface area contributed by atoms with Gasteiger partial charge in [0.05, 0.1) is 18.7 Å². The van der Waals surface area contributed by atoms with Crippen LogP contribution in [0, 0.1) is 0 Å². The van der Waals surface area contributed by atoms with Gasteiger partial charge in [-0.3, -0.25) is 0 Å². The molecule has 5 rings (SSSR count). The molecular weight excluding hydrogens is 480 g/mol. The molecule has 7 heteroatoms. The van der Waals surface area contributed by atoms with Crippen LogP contribution < -0.4 is 19.7 Å². The summed E-state index contributed by atoms with van der Waals surface area (Å²) in [6.45, 7) is 2.70. The summed E-state index contributed by atoms with van der Waals surface area (Å²) in [6.07, 6.45) is 8.57. The number of halogens is 1. The maximum absolute atomic E-state index is 6.35. The molecule has 1 aromatic heterocycles. The minimum absolute atomic E-state index is 0.259. The molecule has 0 amide bonds. The van der Waals surface area contributed by atoms with E-state index in [0.29, 0.717) is 12.5 Å². The van der Waals surface area contributed by atoms with Gasteiger partial charge in [0.25, 0.3) is 0 Å². The van der Waals surface area contributed by atoms with Gasteiger partial charge in [0.2, 0.25) is 5.95 Å². The fourth-order valence-corrected chi connectivity index (χ4v) is 5.03. The molecule has 2 fully saturated rings. The number of nitrogens with one attached hydrogen (secondary N) is 1. The van der Waals surface area contributed by atoms with Gasteiger partial charge in [-0.05, 0) is 68.7 Å². The lowest BCUT2D eigenvalue weighted by atomic mass is 10.1. The number of ether oxygens (including phenoxy) is 2. The zero-order valence-electron chi connectivity index (χ0n) is 19.1. The number of rotatable bonds is 7. The molecule has 0 radical (unpaired) electrons. The summed E-state index contributed by atoms with van der Waals surface area (Å²) in [5, 5.41) is 4.45. The molecule has 3 aromatic rings. The lowest BCUT2D eigenvalue weighted by molar-refractivity contribution is 0.201. The van der Waals surface area contributed by atoms with Gasteiger partial charge in [0.1, 0.15) is 5.82 Å². The SMILES string of the molecule is COc1cc2c(N3CCCCC3)nc(NCc3ccc(Br)cc3)nc2cc1OC1CCCC1. The second-order valence-electron chi connectivity index (χ2n) is 8.94. The van der Waals surface area contributed by atoms with Crippen LogP contribution in [0.15, 0.2) is 40.9 Å². The predicted octanol–water partition coefficient (Wildman–Crippen LogP) is 6.32. The van der Waals surface area contributed by atoms with Crippen molar-refractivity contribution in [3.8, 4) is 11.5 Å². The van der Waals surface area contributed by atoms with Gasteiger partial charge >= 0.3 is 0 Å². The minimum atomic E-state index is 0.259. The summed E-state index contributed by atoms with van der Waals surface area (Å²) in [5.41, 5.74) is 2.07. The molecule has 1 aliphatic carbocycles. The summed E-state index contributed by atoms with van der Waals surface area (Å²) in [7, 11) is 1.71. The zero-order valence-corrected chi connectivity index (χ0v) is 20.7. The quantitative estimate of drug-likeness (QED) is 0.400. The Bertz CT molecular complexity index is 1090. The maximum atomic E-state index is 6.35. The van der Waals surface area contributed by atoms with Crippen molar-refractivity contribution in [1.29, 1.82) is 0 Å². The van der Waals surface area contributed by atoms with Crippen LogP contribution in [0.3, 0.4) is 0 Å². The highest BCUT2D eigenvalue weighted by Gasteiger charge is 2.22. The Labute approximate surface area is 203 Å². The van der Waals surface area contributed by atoms with E-state index in [2.05, 4.69) is 56.5 Å². The van der Waals surface area contributed by atoms with E-state index >= 15 is 0 Å². The second kappa shape index (κ2) is 10.2. The van der Waals surface area contributed by atoms with Gasteiger partial charge in [-0.15, -0.1) is 0 Å². The number of aromatic nitrogens is 2. The average molecular weight is 511 g/mol. The molecule has 6 nitrogen and oxygen atoms in total. The number of hydrogen-bond donors (Lipinski definition) is 1. The van der Waals surface area contributed by atoms with Crippen molar-refractivity contribution in [2.45, 2.75) is 57.6 Å². The zero-order chi connectivity index (χ0) is 22.6. The summed E-state index contributed by atoms with van der Waals surface area (Å²) in [6, 6.07) is 12.4. The molecule has 1 saturated carbocycles. The number of benzene rings is 2. The first-order valence-electron chi connectivity index (χ1n) is 12.0. The first-order valence-corrected chi connectivity index (χ1v) is 12.8. The third-order valence-corrected chi connectivity index (χ3v) is 7.11. The number of fused-ring (bicyclic) bond motifs is 1. The molecule has 1 aliphatic heterocycles. The van der Waals surface area contributed by atoms with Crippen LogP contribution in [0.1, 0.15) is 50.5 Å². The highest BCUT2D eigenvalue weighted by Crippen LogP contribution is 2.38. The third-order valence-electron chi connectivity index (χ3n) is 6.58. The summed E-state index contributed by atoms with van der Waals surface area (Å²) in [5.74, 6) is 3.15. The van der Waals surface area contributed by atoms with Crippen molar-refractivity contribution in [3.05, 3.63) is 46.4 Å². The highest BCUT2D eigenvalue weighted by molar-refractivity contribution is 9.10. The highest BCUT2D eigenvalue weighted by atomic mass is 79.9. The van der Waals surface area contributed by atoms with Crippen LogP contribution in [0.25, 0.3) is 10.9 Å². The summed E-state index contributed by atoms with van der Waals surface area (Å²) in [4.78, 5) is 12.2. The largest absolute Gasteiger partial charge is 0.493 e. The molecule has 1 N–H and O–H groups in total. The van der Waals surface area contributed by atoms with Gasteiger partial charge < -0.3 is 19.7 Å². The number of nitrogens with zero attached hydrogens (tertiary/aromatic N) is 3. The van der Waals surface area contributed by atoms with E-state index in [1.165, 1.54) is 37.7 Å². The first-order chi connectivity index (χ1) is 16.2. The van der Waals surface area contributed by atoms with Gasteiger partial charge in [-0.25, -0.2) is 4.98 Å². The van der Waals surface area contributed by atoms with E-state index in [4.69, 9.17) is 19.4 Å². The number of methoxy groups -OCH3 is 1. The first kappa shape index (κ1) is 22.3. The molecule has 0 bridgehead atoms. The van der Waals surface area contributed by atoms with Crippen LogP contribution in [-0.2, 0) is 6.54 Å². The van der Waals surface area contributed by atoms with Crippen LogP contribution in [0.4, 0.5) is 11.8 Å². The maximum Gasteiger partial charge on any atom is 0.225 e. The molecule has 0 unspecified atom stereocenters. The Balaban J connectivity index is 1.51. The van der Waals surface area contributed by atoms with Crippen LogP contribution >= 0.6 is 15.9 Å². The molecule has 0 spiro atoms. The van der Waals surface area contributed by atoms with Gasteiger partial charge in [0.15, 0.2) is 11.5 Å². The molecule has 0 atom stereocenters. The Morgan fingerprint density at radius 1 is 0.970 bits per heavy atom. The van der Waals surface area contributed by atoms with Gasteiger partial charge in [-0.1, -0.05) is 28.1 Å². The monoisotopic (exact) mass is 510 g/mol. The van der Waals surface area contributed by atoms with Crippen molar-refractivity contribution in [3.63, 3.8) is 0 Å². The topological polar surface area (TPSA) is 59.5 Å². The number of hydrogen-bond acceptors (Lipinski definition) is 6. The second-order valence-corrected chi connectivity index (χ2v) is 9.86. The molecule has 174 valence electrons. The Morgan fingerprint density at radius 3 is 2.45 bits per heavy atom. The molecule has 2 heterocycles. The average Bonchev–Trinajstić information content (AvgIpc) is 3.36. The van der Waals surface area contributed by atoms with Crippen molar-refractivity contribution in [2.24, 2.45) is 0 Å². The Hall–Kier alpha value is -2.54. The number of anilines is 2. The lowest BCUT2D eigenvalue weighted by Gasteiger charge is -2.29. The smallest absolute Gasteiger partial charge is 0.225 e. The van der Waals surface area contributed by atoms with E-state index in [1.54, 1.807) is 7.11 Å². The normalized spacial score (nSPS) is 16.8. The van der Waals surface area contributed by atoms with Crippen molar-refractivity contribution < 1.29 is 9.47 Å². The molecule has 1 saturated heterocycles. The molecule has 2 aliphatic rings. The van der Waals surface area contributed by atoms with Crippen LogP contribution in [-0.4, -0.2) is 36.3 Å².